The monoisotopic (exact) mass is 266 g/mol. The van der Waals surface area contributed by atoms with Gasteiger partial charge in [-0.15, -0.1) is 0 Å². The molecule has 1 aromatic carbocycles. The highest BCUT2D eigenvalue weighted by atomic mass is 35.5. The third-order valence-electron chi connectivity index (χ3n) is 2.71. The molecule has 0 saturated carbocycles. The summed E-state index contributed by atoms with van der Waals surface area (Å²) < 4.78 is 18.2. The second kappa shape index (κ2) is 4.94. The number of hydrogen-bond acceptors (Lipinski definition) is 2. The second-order valence-electron chi connectivity index (χ2n) is 4.16. The number of furan rings is 1. The van der Waals surface area contributed by atoms with Gasteiger partial charge in [0.1, 0.15) is 17.3 Å². The Labute approximate surface area is 109 Å². The molecular weight excluding hydrogens is 255 g/mol. The van der Waals surface area contributed by atoms with Crippen molar-refractivity contribution < 1.29 is 13.6 Å². The van der Waals surface area contributed by atoms with Crippen LogP contribution in [-0.4, -0.2) is 5.78 Å². The molecule has 0 bridgehead atoms. The molecular formula is C14H12ClFO2. The maximum atomic E-state index is 12.9. The first-order valence-electron chi connectivity index (χ1n) is 5.51. The molecule has 0 aliphatic rings. The lowest BCUT2D eigenvalue weighted by atomic mass is 10.0. The summed E-state index contributed by atoms with van der Waals surface area (Å²) in [5.41, 5.74) is 1.16. The fourth-order valence-electron chi connectivity index (χ4n) is 1.84. The third-order valence-corrected chi connectivity index (χ3v) is 3.06. The highest BCUT2D eigenvalue weighted by Gasteiger charge is 2.15. The number of carbonyl (C=O) groups excluding carboxylic acids is 1. The molecule has 18 heavy (non-hydrogen) atoms. The van der Waals surface area contributed by atoms with Gasteiger partial charge in [-0.2, -0.15) is 0 Å². The summed E-state index contributed by atoms with van der Waals surface area (Å²) in [4.78, 5) is 12.1. The molecule has 94 valence electrons. The highest BCUT2D eigenvalue weighted by molar-refractivity contribution is 6.31. The van der Waals surface area contributed by atoms with E-state index in [2.05, 4.69) is 0 Å². The van der Waals surface area contributed by atoms with E-state index in [1.807, 2.05) is 0 Å². The van der Waals surface area contributed by atoms with Crippen molar-refractivity contribution >= 4 is 17.4 Å². The minimum Gasteiger partial charge on any atom is -0.466 e. The Balaban J connectivity index is 2.24. The largest absolute Gasteiger partial charge is 0.466 e. The Bertz CT molecular complexity index is 602. The molecule has 2 rings (SSSR count). The molecule has 0 atom stereocenters. The van der Waals surface area contributed by atoms with Crippen molar-refractivity contribution in [2.24, 2.45) is 0 Å². The van der Waals surface area contributed by atoms with Crippen molar-refractivity contribution in [3.05, 3.63) is 57.8 Å². The van der Waals surface area contributed by atoms with Gasteiger partial charge < -0.3 is 4.42 Å². The summed E-state index contributed by atoms with van der Waals surface area (Å²) in [6.45, 7) is 3.53. The molecule has 0 amide bonds. The summed E-state index contributed by atoms with van der Waals surface area (Å²) in [7, 11) is 0. The smallest absolute Gasteiger partial charge is 0.170 e. The van der Waals surface area contributed by atoms with E-state index >= 15 is 0 Å². The van der Waals surface area contributed by atoms with Crippen molar-refractivity contribution in [1.29, 1.82) is 0 Å². The van der Waals surface area contributed by atoms with Gasteiger partial charge in [0.05, 0.1) is 5.56 Å². The van der Waals surface area contributed by atoms with E-state index in [0.717, 1.165) is 0 Å². The van der Waals surface area contributed by atoms with E-state index in [-0.39, 0.29) is 17.2 Å². The molecule has 2 nitrogen and oxygen atoms in total. The molecule has 0 aliphatic heterocycles. The summed E-state index contributed by atoms with van der Waals surface area (Å²) >= 11 is 5.89. The van der Waals surface area contributed by atoms with Crippen LogP contribution in [0.2, 0.25) is 5.02 Å². The lowest BCUT2D eigenvalue weighted by Gasteiger charge is -2.03. The van der Waals surface area contributed by atoms with Gasteiger partial charge in [0.2, 0.25) is 0 Å². The van der Waals surface area contributed by atoms with Crippen molar-refractivity contribution in [3.63, 3.8) is 0 Å². The van der Waals surface area contributed by atoms with E-state index in [1.165, 1.54) is 18.2 Å². The lowest BCUT2D eigenvalue weighted by molar-refractivity contribution is 0.0991. The molecule has 2 aromatic rings. The molecule has 0 unspecified atom stereocenters. The zero-order chi connectivity index (χ0) is 13.3. The Morgan fingerprint density at radius 1 is 1.33 bits per heavy atom. The average Bonchev–Trinajstić information content (AvgIpc) is 2.62. The molecule has 1 heterocycles. The Morgan fingerprint density at radius 2 is 2.06 bits per heavy atom. The standard InChI is InChI=1S/C14H12ClFO2/c1-8-5-12(9(2)18-8)14(17)6-10-3-4-11(16)7-13(10)15/h3-5,7H,6H2,1-2H3. The average molecular weight is 267 g/mol. The van der Waals surface area contributed by atoms with Crippen molar-refractivity contribution in [2.75, 3.05) is 0 Å². The third kappa shape index (κ3) is 2.62. The lowest BCUT2D eigenvalue weighted by Crippen LogP contribution is -2.04. The molecule has 0 aliphatic carbocycles. The van der Waals surface area contributed by atoms with Crippen LogP contribution >= 0.6 is 11.6 Å². The van der Waals surface area contributed by atoms with Gasteiger partial charge in [-0.05, 0) is 37.6 Å². The first-order chi connectivity index (χ1) is 8.47. The zero-order valence-corrected chi connectivity index (χ0v) is 10.8. The first kappa shape index (κ1) is 12.8. The quantitative estimate of drug-likeness (QED) is 0.783. The van der Waals surface area contributed by atoms with E-state index in [1.54, 1.807) is 19.9 Å². The van der Waals surface area contributed by atoms with Crippen molar-refractivity contribution in [3.8, 4) is 0 Å². The number of benzene rings is 1. The van der Waals surface area contributed by atoms with E-state index in [0.29, 0.717) is 22.6 Å². The summed E-state index contributed by atoms with van der Waals surface area (Å²) in [6, 6.07) is 5.73. The molecule has 0 saturated heterocycles. The maximum Gasteiger partial charge on any atom is 0.170 e. The predicted molar refractivity (Wildman–Crippen MR) is 67.6 cm³/mol. The minimum atomic E-state index is -0.411. The number of aryl methyl sites for hydroxylation is 2. The first-order valence-corrected chi connectivity index (χ1v) is 5.89. The van der Waals surface area contributed by atoms with Crippen LogP contribution in [0.3, 0.4) is 0 Å². The number of hydrogen-bond donors (Lipinski definition) is 0. The molecule has 1 aromatic heterocycles. The molecule has 0 fully saturated rings. The van der Waals surface area contributed by atoms with Gasteiger partial charge in [-0.25, -0.2) is 4.39 Å². The fraction of sp³-hybridized carbons (Fsp3) is 0.214. The van der Waals surface area contributed by atoms with Crippen molar-refractivity contribution in [2.45, 2.75) is 20.3 Å². The van der Waals surface area contributed by atoms with Crippen LogP contribution in [0, 0.1) is 19.7 Å². The van der Waals surface area contributed by atoms with Crippen LogP contribution in [0.1, 0.15) is 27.4 Å². The van der Waals surface area contributed by atoms with Gasteiger partial charge in [-0.1, -0.05) is 17.7 Å². The van der Waals surface area contributed by atoms with Gasteiger partial charge in [0.25, 0.3) is 0 Å². The number of Topliss-reactive ketones (excluding diaryl/α,β-unsaturated/α-hetero) is 1. The normalized spacial score (nSPS) is 10.7. The van der Waals surface area contributed by atoms with Gasteiger partial charge in [0.15, 0.2) is 5.78 Å². The van der Waals surface area contributed by atoms with Crippen LogP contribution < -0.4 is 0 Å². The maximum absolute atomic E-state index is 12.9. The van der Waals surface area contributed by atoms with Crippen LogP contribution in [-0.2, 0) is 6.42 Å². The molecule has 4 heteroatoms. The van der Waals surface area contributed by atoms with E-state index in [9.17, 15) is 9.18 Å². The van der Waals surface area contributed by atoms with Gasteiger partial charge in [-0.3, -0.25) is 4.79 Å². The minimum absolute atomic E-state index is 0.0853. The molecule has 0 N–H and O–H groups in total. The molecule has 0 radical (unpaired) electrons. The Kier molecular flexibility index (Phi) is 3.53. The zero-order valence-electron chi connectivity index (χ0n) is 10.1. The van der Waals surface area contributed by atoms with Gasteiger partial charge >= 0.3 is 0 Å². The molecule has 0 spiro atoms. The predicted octanol–water partition coefficient (Wildman–Crippen LogP) is 4.11. The van der Waals surface area contributed by atoms with Crippen LogP contribution in [0.4, 0.5) is 4.39 Å². The van der Waals surface area contributed by atoms with Gasteiger partial charge in [0, 0.05) is 11.4 Å². The van der Waals surface area contributed by atoms with Crippen LogP contribution in [0.5, 0.6) is 0 Å². The van der Waals surface area contributed by atoms with Crippen LogP contribution in [0.15, 0.2) is 28.7 Å². The number of rotatable bonds is 3. The Hall–Kier alpha value is -1.61. The van der Waals surface area contributed by atoms with Crippen molar-refractivity contribution in [1.82, 2.24) is 0 Å². The highest BCUT2D eigenvalue weighted by Crippen LogP contribution is 2.21. The number of carbonyl (C=O) groups is 1. The summed E-state index contributed by atoms with van der Waals surface area (Å²) in [5, 5.41) is 0.265. The van der Waals surface area contributed by atoms with Crippen LogP contribution in [0.25, 0.3) is 0 Å². The summed E-state index contributed by atoms with van der Waals surface area (Å²) in [5.74, 6) is 0.793. The van der Waals surface area contributed by atoms with E-state index in [4.69, 9.17) is 16.0 Å². The number of ketones is 1. The summed E-state index contributed by atoms with van der Waals surface area (Å²) in [6.07, 6.45) is 0.138. The second-order valence-corrected chi connectivity index (χ2v) is 4.57. The fourth-order valence-corrected chi connectivity index (χ4v) is 2.07. The number of halogens is 2. The SMILES string of the molecule is Cc1cc(C(=O)Cc2ccc(F)cc2Cl)c(C)o1. The topological polar surface area (TPSA) is 30.2 Å². The Morgan fingerprint density at radius 3 is 2.61 bits per heavy atom. The van der Waals surface area contributed by atoms with E-state index < -0.39 is 5.82 Å².